The summed E-state index contributed by atoms with van der Waals surface area (Å²) in [5.41, 5.74) is 2.43. The summed E-state index contributed by atoms with van der Waals surface area (Å²) < 4.78 is 6.04. The molecular weight excluding hydrogens is 412 g/mol. The van der Waals surface area contributed by atoms with Crippen LogP contribution in [0.2, 0.25) is 0 Å². The minimum Gasteiger partial charge on any atom is -0.436 e. The van der Waals surface area contributed by atoms with Crippen LogP contribution in [0.3, 0.4) is 0 Å². The number of anilines is 1. The standard InChI is InChI=1S/C27H32N4O2/c1-20-7-6-10-24(19-20)33-27-25(28-15-16-29-27)31-17-13-23(14-18-31)26(32)30-21(2)11-12-22-8-4-3-5-9-22/h3-10,15-16,19,21,23H,11-14,17-18H2,1-2H3,(H,30,32)/t21-/m1/s1. The zero-order valence-corrected chi connectivity index (χ0v) is 19.4. The van der Waals surface area contributed by atoms with Crippen LogP contribution in [0.4, 0.5) is 5.82 Å². The Bertz CT molecular complexity index is 1050. The van der Waals surface area contributed by atoms with Gasteiger partial charge in [0.05, 0.1) is 0 Å². The van der Waals surface area contributed by atoms with E-state index >= 15 is 0 Å². The molecule has 2 heterocycles. The number of hydrogen-bond acceptors (Lipinski definition) is 5. The Labute approximate surface area is 196 Å². The van der Waals surface area contributed by atoms with Crippen LogP contribution in [0.5, 0.6) is 11.6 Å². The zero-order chi connectivity index (χ0) is 23.0. The SMILES string of the molecule is Cc1cccc(Oc2nccnc2N2CCC(C(=O)N[C@H](C)CCc3ccccc3)CC2)c1. The van der Waals surface area contributed by atoms with Crippen LogP contribution >= 0.6 is 0 Å². The maximum atomic E-state index is 12.8. The largest absolute Gasteiger partial charge is 0.436 e. The topological polar surface area (TPSA) is 67.4 Å². The first-order valence-corrected chi connectivity index (χ1v) is 11.7. The number of aromatic nitrogens is 2. The molecule has 0 saturated carbocycles. The van der Waals surface area contributed by atoms with E-state index in [1.165, 1.54) is 5.56 Å². The van der Waals surface area contributed by atoms with Gasteiger partial charge in [0.25, 0.3) is 5.88 Å². The second kappa shape index (κ2) is 10.9. The Morgan fingerprint density at radius 1 is 1.09 bits per heavy atom. The maximum Gasteiger partial charge on any atom is 0.263 e. The molecule has 1 aliphatic heterocycles. The van der Waals surface area contributed by atoms with Gasteiger partial charge in [-0.3, -0.25) is 4.79 Å². The lowest BCUT2D eigenvalue weighted by Gasteiger charge is -2.33. The fraction of sp³-hybridized carbons (Fsp3) is 0.370. The van der Waals surface area contributed by atoms with Gasteiger partial charge in [-0.25, -0.2) is 9.97 Å². The quantitative estimate of drug-likeness (QED) is 0.534. The molecule has 172 valence electrons. The fourth-order valence-electron chi connectivity index (χ4n) is 4.21. The van der Waals surface area contributed by atoms with Crippen molar-refractivity contribution < 1.29 is 9.53 Å². The van der Waals surface area contributed by atoms with Crippen LogP contribution in [0.15, 0.2) is 67.0 Å². The molecule has 1 aliphatic rings. The van der Waals surface area contributed by atoms with Gasteiger partial charge in [-0.15, -0.1) is 0 Å². The number of rotatable bonds is 8. The van der Waals surface area contributed by atoms with E-state index in [9.17, 15) is 4.79 Å². The van der Waals surface area contributed by atoms with Crippen LogP contribution in [-0.2, 0) is 11.2 Å². The smallest absolute Gasteiger partial charge is 0.263 e. The van der Waals surface area contributed by atoms with E-state index in [-0.39, 0.29) is 17.9 Å². The van der Waals surface area contributed by atoms with Crippen molar-refractivity contribution in [2.24, 2.45) is 5.92 Å². The first-order valence-electron chi connectivity index (χ1n) is 11.7. The number of amides is 1. The Kier molecular flexibility index (Phi) is 7.55. The number of nitrogens with one attached hydrogen (secondary N) is 1. The first-order chi connectivity index (χ1) is 16.1. The van der Waals surface area contributed by atoms with Crippen LogP contribution in [-0.4, -0.2) is 35.0 Å². The maximum absolute atomic E-state index is 12.8. The van der Waals surface area contributed by atoms with E-state index < -0.39 is 0 Å². The molecule has 0 bridgehead atoms. The van der Waals surface area contributed by atoms with E-state index in [2.05, 4.69) is 51.4 Å². The molecule has 1 fully saturated rings. The Hall–Kier alpha value is -3.41. The molecule has 6 nitrogen and oxygen atoms in total. The predicted molar refractivity (Wildman–Crippen MR) is 131 cm³/mol. The van der Waals surface area contributed by atoms with Gasteiger partial charge in [-0.2, -0.15) is 0 Å². The van der Waals surface area contributed by atoms with Crippen LogP contribution in [0.1, 0.15) is 37.3 Å². The number of carbonyl (C=O) groups is 1. The summed E-state index contributed by atoms with van der Waals surface area (Å²) in [4.78, 5) is 23.9. The molecule has 0 unspecified atom stereocenters. The zero-order valence-electron chi connectivity index (χ0n) is 19.4. The molecule has 1 amide bonds. The number of benzene rings is 2. The van der Waals surface area contributed by atoms with E-state index in [0.29, 0.717) is 5.88 Å². The van der Waals surface area contributed by atoms with Gasteiger partial charge in [-0.05, 0) is 62.8 Å². The van der Waals surface area contributed by atoms with Crippen molar-refractivity contribution in [1.29, 1.82) is 0 Å². The second-order valence-electron chi connectivity index (χ2n) is 8.80. The normalized spacial score (nSPS) is 15.2. The lowest BCUT2D eigenvalue weighted by molar-refractivity contribution is -0.126. The summed E-state index contributed by atoms with van der Waals surface area (Å²) in [7, 11) is 0. The van der Waals surface area contributed by atoms with E-state index in [1.54, 1.807) is 12.4 Å². The van der Waals surface area contributed by atoms with Crippen molar-refractivity contribution in [3.8, 4) is 11.6 Å². The molecule has 6 heteroatoms. The highest BCUT2D eigenvalue weighted by Gasteiger charge is 2.28. The van der Waals surface area contributed by atoms with Crippen molar-refractivity contribution in [3.63, 3.8) is 0 Å². The number of nitrogens with zero attached hydrogens (tertiary/aromatic N) is 3. The minimum absolute atomic E-state index is 0.0261. The van der Waals surface area contributed by atoms with Crippen LogP contribution in [0, 0.1) is 12.8 Å². The van der Waals surface area contributed by atoms with Gasteiger partial charge >= 0.3 is 0 Å². The van der Waals surface area contributed by atoms with Crippen molar-refractivity contribution in [3.05, 3.63) is 78.1 Å². The Morgan fingerprint density at radius 2 is 1.85 bits per heavy atom. The summed E-state index contributed by atoms with van der Waals surface area (Å²) in [6.07, 6.45) is 6.82. The van der Waals surface area contributed by atoms with Gasteiger partial charge in [0, 0.05) is 37.4 Å². The summed E-state index contributed by atoms with van der Waals surface area (Å²) in [6, 6.07) is 18.5. The average molecular weight is 445 g/mol. The summed E-state index contributed by atoms with van der Waals surface area (Å²) in [5.74, 6) is 2.16. The molecular formula is C27H32N4O2. The first kappa shape index (κ1) is 22.8. The molecule has 3 aromatic rings. The monoisotopic (exact) mass is 444 g/mol. The average Bonchev–Trinajstić information content (AvgIpc) is 2.84. The summed E-state index contributed by atoms with van der Waals surface area (Å²) in [6.45, 7) is 5.62. The number of ether oxygens (including phenoxy) is 1. The molecule has 1 saturated heterocycles. The predicted octanol–water partition coefficient (Wildman–Crippen LogP) is 4.93. The van der Waals surface area contributed by atoms with Gasteiger partial charge in [0.15, 0.2) is 5.82 Å². The number of aryl methyl sites for hydroxylation is 2. The van der Waals surface area contributed by atoms with Crippen LogP contribution < -0.4 is 15.0 Å². The Balaban J connectivity index is 1.29. The molecule has 1 N–H and O–H groups in total. The fourth-order valence-corrected chi connectivity index (χ4v) is 4.21. The highest BCUT2D eigenvalue weighted by atomic mass is 16.5. The molecule has 0 radical (unpaired) electrons. The minimum atomic E-state index is 0.0261. The Morgan fingerprint density at radius 3 is 2.61 bits per heavy atom. The van der Waals surface area contributed by atoms with Gasteiger partial charge in [-0.1, -0.05) is 42.5 Å². The highest BCUT2D eigenvalue weighted by molar-refractivity contribution is 5.79. The van der Waals surface area contributed by atoms with Gasteiger partial charge < -0.3 is 15.0 Å². The molecule has 0 spiro atoms. The van der Waals surface area contributed by atoms with Crippen molar-refractivity contribution in [1.82, 2.24) is 15.3 Å². The molecule has 2 aromatic carbocycles. The van der Waals surface area contributed by atoms with E-state index in [0.717, 1.165) is 55.9 Å². The van der Waals surface area contributed by atoms with Crippen molar-refractivity contribution >= 4 is 11.7 Å². The second-order valence-corrected chi connectivity index (χ2v) is 8.80. The lowest BCUT2D eigenvalue weighted by atomic mass is 9.95. The van der Waals surface area contributed by atoms with Crippen LogP contribution in [0.25, 0.3) is 0 Å². The number of carbonyl (C=O) groups excluding carboxylic acids is 1. The van der Waals surface area contributed by atoms with E-state index in [1.807, 2.05) is 37.3 Å². The molecule has 1 aromatic heterocycles. The van der Waals surface area contributed by atoms with Gasteiger partial charge in [0.1, 0.15) is 5.75 Å². The molecule has 1 atom stereocenters. The van der Waals surface area contributed by atoms with Crippen molar-refractivity contribution in [2.75, 3.05) is 18.0 Å². The van der Waals surface area contributed by atoms with Gasteiger partial charge in [0.2, 0.25) is 5.91 Å². The third kappa shape index (κ3) is 6.31. The summed E-state index contributed by atoms with van der Waals surface area (Å²) in [5, 5.41) is 3.21. The highest BCUT2D eigenvalue weighted by Crippen LogP contribution is 2.31. The van der Waals surface area contributed by atoms with Crippen molar-refractivity contribution in [2.45, 2.75) is 45.6 Å². The van der Waals surface area contributed by atoms with E-state index in [4.69, 9.17) is 4.74 Å². The third-order valence-corrected chi connectivity index (χ3v) is 6.11. The third-order valence-electron chi connectivity index (χ3n) is 6.11. The summed E-state index contributed by atoms with van der Waals surface area (Å²) >= 11 is 0. The number of piperidine rings is 1. The molecule has 4 rings (SSSR count). The molecule has 0 aliphatic carbocycles. The lowest BCUT2D eigenvalue weighted by Crippen LogP contribution is -2.43. The molecule has 33 heavy (non-hydrogen) atoms. The number of hydrogen-bond donors (Lipinski definition) is 1.